The first-order valence-corrected chi connectivity index (χ1v) is 7.86. The molecule has 6 heteroatoms. The van der Waals surface area contributed by atoms with Crippen LogP contribution in [0.2, 0.25) is 0 Å². The number of benzene rings is 1. The summed E-state index contributed by atoms with van der Waals surface area (Å²) in [6, 6.07) is 9.51. The van der Waals surface area contributed by atoms with Gasteiger partial charge in [0, 0.05) is 12.7 Å². The minimum absolute atomic E-state index is 0.0642. The number of amides is 2. The van der Waals surface area contributed by atoms with Crippen LogP contribution in [0, 0.1) is 6.92 Å². The number of aliphatic hydroxyl groups is 1. The Morgan fingerprint density at radius 1 is 1.35 bits per heavy atom. The number of urea groups is 1. The first kappa shape index (κ1) is 17.0. The van der Waals surface area contributed by atoms with Gasteiger partial charge < -0.3 is 15.7 Å². The predicted molar refractivity (Wildman–Crippen MR) is 89.7 cm³/mol. The molecule has 0 aliphatic rings. The number of nitrogens with zero attached hydrogens (tertiary/aromatic N) is 2. The molecule has 0 saturated carbocycles. The number of hydrogen-bond acceptors (Lipinski definition) is 3. The van der Waals surface area contributed by atoms with Gasteiger partial charge in [-0.2, -0.15) is 5.10 Å². The van der Waals surface area contributed by atoms with Gasteiger partial charge in [-0.1, -0.05) is 18.2 Å². The molecule has 1 atom stereocenters. The van der Waals surface area contributed by atoms with E-state index in [9.17, 15) is 4.79 Å². The molecule has 0 saturated heterocycles. The summed E-state index contributed by atoms with van der Waals surface area (Å²) in [4.78, 5) is 11.5. The van der Waals surface area contributed by atoms with E-state index in [0.717, 1.165) is 24.2 Å². The van der Waals surface area contributed by atoms with E-state index in [1.165, 1.54) is 5.56 Å². The van der Waals surface area contributed by atoms with E-state index in [4.69, 9.17) is 5.11 Å². The number of nitrogens with one attached hydrogen (secondary N) is 2. The Morgan fingerprint density at radius 2 is 2.09 bits per heavy atom. The van der Waals surface area contributed by atoms with Gasteiger partial charge >= 0.3 is 6.03 Å². The number of hydrogen-bond donors (Lipinski definition) is 3. The van der Waals surface area contributed by atoms with Crippen molar-refractivity contribution < 1.29 is 9.90 Å². The molecule has 3 N–H and O–H groups in total. The Hall–Kier alpha value is -2.34. The molecule has 124 valence electrons. The minimum atomic E-state index is -0.247. The number of aliphatic hydroxyl groups excluding tert-OH is 1. The molecule has 0 bridgehead atoms. The van der Waals surface area contributed by atoms with Crippen molar-refractivity contribution in [3.05, 3.63) is 47.8 Å². The number of carbonyl (C=O) groups is 1. The van der Waals surface area contributed by atoms with E-state index >= 15 is 0 Å². The van der Waals surface area contributed by atoms with Gasteiger partial charge in [0.15, 0.2) is 0 Å². The van der Waals surface area contributed by atoms with Crippen LogP contribution in [0.1, 0.15) is 24.6 Å². The van der Waals surface area contributed by atoms with Crippen molar-refractivity contribution in [1.29, 1.82) is 0 Å². The zero-order chi connectivity index (χ0) is 16.7. The normalized spacial score (nSPS) is 12.0. The molecule has 2 rings (SSSR count). The first-order chi connectivity index (χ1) is 11.1. The lowest BCUT2D eigenvalue weighted by Gasteiger charge is -2.11. The van der Waals surface area contributed by atoms with Gasteiger partial charge in [-0.15, -0.1) is 0 Å². The van der Waals surface area contributed by atoms with Gasteiger partial charge in [0.1, 0.15) is 0 Å². The molecule has 6 nitrogen and oxygen atoms in total. The molecule has 2 amide bonds. The molecule has 1 unspecified atom stereocenters. The van der Waals surface area contributed by atoms with E-state index in [0.29, 0.717) is 6.54 Å². The van der Waals surface area contributed by atoms with Crippen LogP contribution in [0.25, 0.3) is 5.69 Å². The molecular weight excluding hydrogens is 292 g/mol. The molecule has 0 aliphatic heterocycles. The second-order valence-corrected chi connectivity index (χ2v) is 5.61. The quantitative estimate of drug-likeness (QED) is 0.681. The molecule has 1 aromatic carbocycles. The van der Waals surface area contributed by atoms with Crippen LogP contribution >= 0.6 is 0 Å². The average molecular weight is 316 g/mol. The van der Waals surface area contributed by atoms with E-state index in [2.05, 4.69) is 15.7 Å². The lowest BCUT2D eigenvalue weighted by molar-refractivity contribution is 0.220. The minimum Gasteiger partial charge on any atom is -0.394 e. The fourth-order valence-electron chi connectivity index (χ4n) is 2.26. The highest BCUT2D eigenvalue weighted by Gasteiger charge is 2.07. The standard InChI is InChI=1S/C17H24N4O2/c1-13(12-22)19-17(23)18-10-6-7-15-11-21(20-14(15)2)16-8-4-3-5-9-16/h3-5,8-9,11,13,22H,6-7,10,12H2,1-2H3,(H2,18,19,23). The van der Waals surface area contributed by atoms with Crippen molar-refractivity contribution in [2.45, 2.75) is 32.7 Å². The van der Waals surface area contributed by atoms with Gasteiger partial charge in [-0.25, -0.2) is 9.48 Å². The summed E-state index contributed by atoms with van der Waals surface area (Å²) in [6.45, 7) is 4.27. The van der Waals surface area contributed by atoms with Gasteiger partial charge in [0.2, 0.25) is 0 Å². The van der Waals surface area contributed by atoms with E-state index in [-0.39, 0.29) is 18.7 Å². The van der Waals surface area contributed by atoms with Crippen LogP contribution in [0.5, 0.6) is 0 Å². The van der Waals surface area contributed by atoms with Crippen LogP contribution in [0.4, 0.5) is 4.79 Å². The van der Waals surface area contributed by atoms with E-state index in [1.54, 1.807) is 6.92 Å². The third-order valence-electron chi connectivity index (χ3n) is 3.58. The number of para-hydroxylation sites is 1. The molecule has 0 spiro atoms. The molecule has 1 aromatic heterocycles. The van der Waals surface area contributed by atoms with Crippen LogP contribution in [0.15, 0.2) is 36.5 Å². The number of aromatic nitrogens is 2. The average Bonchev–Trinajstić information content (AvgIpc) is 2.93. The highest BCUT2D eigenvalue weighted by Crippen LogP contribution is 2.13. The van der Waals surface area contributed by atoms with Gasteiger partial charge in [0.05, 0.1) is 24.0 Å². The lowest BCUT2D eigenvalue weighted by atomic mass is 10.1. The molecule has 0 radical (unpaired) electrons. The second-order valence-electron chi connectivity index (χ2n) is 5.61. The molecule has 0 aliphatic carbocycles. The monoisotopic (exact) mass is 316 g/mol. The van der Waals surface area contributed by atoms with Crippen molar-refractivity contribution in [2.75, 3.05) is 13.2 Å². The maximum Gasteiger partial charge on any atom is 0.315 e. The van der Waals surface area contributed by atoms with Crippen molar-refractivity contribution >= 4 is 6.03 Å². The van der Waals surface area contributed by atoms with Crippen LogP contribution in [0.3, 0.4) is 0 Å². The Morgan fingerprint density at radius 3 is 2.78 bits per heavy atom. The largest absolute Gasteiger partial charge is 0.394 e. The van der Waals surface area contributed by atoms with Crippen molar-refractivity contribution in [2.24, 2.45) is 0 Å². The Bertz CT molecular complexity index is 625. The fourth-order valence-corrected chi connectivity index (χ4v) is 2.26. The third kappa shape index (κ3) is 5.10. The molecule has 0 fully saturated rings. The highest BCUT2D eigenvalue weighted by atomic mass is 16.3. The van der Waals surface area contributed by atoms with Gasteiger partial charge in [-0.3, -0.25) is 0 Å². The summed E-state index contributed by atoms with van der Waals surface area (Å²) in [6.07, 6.45) is 3.73. The van der Waals surface area contributed by atoms with Crippen LogP contribution in [-0.4, -0.2) is 40.1 Å². The van der Waals surface area contributed by atoms with Crippen molar-refractivity contribution in [1.82, 2.24) is 20.4 Å². The molecule has 23 heavy (non-hydrogen) atoms. The van der Waals surface area contributed by atoms with Crippen molar-refractivity contribution in [3.8, 4) is 5.69 Å². The summed E-state index contributed by atoms with van der Waals surface area (Å²) < 4.78 is 1.88. The van der Waals surface area contributed by atoms with Crippen molar-refractivity contribution in [3.63, 3.8) is 0 Å². The summed E-state index contributed by atoms with van der Waals surface area (Å²) in [5.41, 5.74) is 3.23. The number of aryl methyl sites for hydroxylation is 2. The Kier molecular flexibility index (Phi) is 6.17. The molecule has 2 aromatic rings. The lowest BCUT2D eigenvalue weighted by Crippen LogP contribution is -2.42. The molecular formula is C17H24N4O2. The number of carbonyl (C=O) groups excluding carboxylic acids is 1. The second kappa shape index (κ2) is 8.33. The van der Waals surface area contributed by atoms with Gasteiger partial charge in [0.25, 0.3) is 0 Å². The first-order valence-electron chi connectivity index (χ1n) is 7.86. The zero-order valence-corrected chi connectivity index (χ0v) is 13.6. The van der Waals surface area contributed by atoms with Gasteiger partial charge in [-0.05, 0) is 44.4 Å². The smallest absolute Gasteiger partial charge is 0.315 e. The summed E-state index contributed by atoms with van der Waals surface area (Å²) in [5, 5.41) is 18.8. The SMILES string of the molecule is Cc1nn(-c2ccccc2)cc1CCCNC(=O)NC(C)CO. The Labute approximate surface area is 136 Å². The maximum atomic E-state index is 11.5. The summed E-state index contributed by atoms with van der Waals surface area (Å²) in [5.74, 6) is 0. The maximum absolute atomic E-state index is 11.5. The topological polar surface area (TPSA) is 79.2 Å². The predicted octanol–water partition coefficient (Wildman–Crippen LogP) is 1.79. The van der Waals surface area contributed by atoms with Crippen LogP contribution in [-0.2, 0) is 6.42 Å². The summed E-state index contributed by atoms with van der Waals surface area (Å²) in [7, 11) is 0. The highest BCUT2D eigenvalue weighted by molar-refractivity contribution is 5.74. The zero-order valence-electron chi connectivity index (χ0n) is 13.6. The number of rotatable bonds is 7. The Balaban J connectivity index is 1.80. The summed E-state index contributed by atoms with van der Waals surface area (Å²) >= 11 is 0. The van der Waals surface area contributed by atoms with E-state index < -0.39 is 0 Å². The molecule has 1 heterocycles. The third-order valence-corrected chi connectivity index (χ3v) is 3.58. The fraction of sp³-hybridized carbons (Fsp3) is 0.412. The van der Waals surface area contributed by atoms with E-state index in [1.807, 2.05) is 48.1 Å². The van der Waals surface area contributed by atoms with Crippen LogP contribution < -0.4 is 10.6 Å².